The van der Waals surface area contributed by atoms with Gasteiger partial charge in [-0.3, -0.25) is 0 Å². The summed E-state index contributed by atoms with van der Waals surface area (Å²) in [6.45, 7) is 3.45. The van der Waals surface area contributed by atoms with Gasteiger partial charge in [-0.05, 0) is 32.0 Å². The highest BCUT2D eigenvalue weighted by Crippen LogP contribution is 2.23. The van der Waals surface area contributed by atoms with E-state index in [1.54, 1.807) is 13.8 Å². The number of fused-ring (bicyclic) bond motifs is 1. The second kappa shape index (κ2) is 3.57. The van der Waals surface area contributed by atoms with E-state index in [-0.39, 0.29) is 0 Å². The number of rotatable bonds is 3. The molecule has 0 saturated carbocycles. The molecule has 0 fully saturated rings. The molecule has 0 unspecified atom stereocenters. The molecule has 2 nitrogen and oxygen atoms in total. The predicted octanol–water partition coefficient (Wildman–Crippen LogP) is 3.33. The van der Waals surface area contributed by atoms with Crippen LogP contribution >= 0.6 is 0 Å². The average Bonchev–Trinajstić information content (AvgIpc) is 2.61. The summed E-state index contributed by atoms with van der Waals surface area (Å²) in [5, 5.41) is 4.22. The van der Waals surface area contributed by atoms with Crippen LogP contribution < -0.4 is 5.32 Å². The Morgan fingerprint density at radius 3 is 2.87 bits per heavy atom. The Kier molecular flexibility index (Phi) is 2.39. The molecule has 3 heteroatoms. The number of anilines is 1. The van der Waals surface area contributed by atoms with Gasteiger partial charge in [-0.25, -0.2) is 4.39 Å². The minimum absolute atomic E-state index is 0.317. The molecule has 80 valence electrons. The van der Waals surface area contributed by atoms with Crippen molar-refractivity contribution in [3.05, 3.63) is 30.5 Å². The van der Waals surface area contributed by atoms with Crippen LogP contribution in [-0.2, 0) is 0 Å². The largest absolute Gasteiger partial charge is 0.381 e. The molecule has 0 radical (unpaired) electrons. The minimum atomic E-state index is -1.20. The number of nitrogens with one attached hydrogen (secondary N) is 2. The third kappa shape index (κ3) is 2.29. The number of benzene rings is 1. The van der Waals surface area contributed by atoms with Gasteiger partial charge in [0.15, 0.2) is 0 Å². The van der Waals surface area contributed by atoms with Crippen LogP contribution in [0.15, 0.2) is 30.5 Å². The number of hydrogen-bond acceptors (Lipinski definition) is 1. The van der Waals surface area contributed by atoms with Gasteiger partial charge in [-0.15, -0.1) is 0 Å². The second-order valence-corrected chi connectivity index (χ2v) is 4.32. The van der Waals surface area contributed by atoms with Crippen LogP contribution in [0.5, 0.6) is 0 Å². The van der Waals surface area contributed by atoms with Crippen molar-refractivity contribution in [2.45, 2.75) is 19.5 Å². The SMILES string of the molecule is CC(C)(F)CNc1cccc2[nH]ccc12. The van der Waals surface area contributed by atoms with Gasteiger partial charge in [0.2, 0.25) is 0 Å². The molecule has 2 rings (SSSR count). The molecule has 2 N–H and O–H groups in total. The normalized spacial score (nSPS) is 11.9. The van der Waals surface area contributed by atoms with Gasteiger partial charge in [0.25, 0.3) is 0 Å². The molecule has 1 aromatic carbocycles. The number of aromatic amines is 1. The summed E-state index contributed by atoms with van der Waals surface area (Å²) in [7, 11) is 0. The van der Waals surface area contributed by atoms with Crippen molar-refractivity contribution in [3.8, 4) is 0 Å². The third-order valence-electron chi connectivity index (χ3n) is 2.29. The van der Waals surface area contributed by atoms with Crippen LogP contribution in [0, 0.1) is 0 Å². The first-order valence-corrected chi connectivity index (χ1v) is 5.05. The van der Waals surface area contributed by atoms with Gasteiger partial charge >= 0.3 is 0 Å². The number of H-pyrrole nitrogens is 1. The Morgan fingerprint density at radius 2 is 2.13 bits per heavy atom. The fourth-order valence-corrected chi connectivity index (χ4v) is 1.54. The fraction of sp³-hybridized carbons (Fsp3) is 0.333. The van der Waals surface area contributed by atoms with Crippen LogP contribution in [0.25, 0.3) is 10.9 Å². The van der Waals surface area contributed by atoms with E-state index < -0.39 is 5.67 Å². The van der Waals surface area contributed by atoms with Crippen molar-refractivity contribution < 1.29 is 4.39 Å². The van der Waals surface area contributed by atoms with E-state index in [1.807, 2.05) is 30.5 Å². The molecule has 1 aromatic heterocycles. The van der Waals surface area contributed by atoms with Crippen LogP contribution in [0.2, 0.25) is 0 Å². The standard InChI is InChI=1S/C12H15FN2/c1-12(2,13)8-15-11-5-3-4-10-9(11)6-7-14-10/h3-7,14-15H,8H2,1-2H3. The lowest BCUT2D eigenvalue weighted by Crippen LogP contribution is -2.24. The van der Waals surface area contributed by atoms with Crippen molar-refractivity contribution in [2.24, 2.45) is 0 Å². The number of hydrogen-bond donors (Lipinski definition) is 2. The molecule has 0 amide bonds. The highest BCUT2D eigenvalue weighted by molar-refractivity contribution is 5.91. The van der Waals surface area contributed by atoms with Gasteiger partial charge in [0, 0.05) is 29.3 Å². The van der Waals surface area contributed by atoms with E-state index in [4.69, 9.17) is 0 Å². The first-order chi connectivity index (χ1) is 7.06. The lowest BCUT2D eigenvalue weighted by Gasteiger charge is -2.16. The molecule has 15 heavy (non-hydrogen) atoms. The van der Waals surface area contributed by atoms with Crippen LogP contribution in [0.4, 0.5) is 10.1 Å². The van der Waals surface area contributed by atoms with Crippen molar-refractivity contribution in [3.63, 3.8) is 0 Å². The maximum Gasteiger partial charge on any atom is 0.122 e. The maximum atomic E-state index is 13.3. The Bertz CT molecular complexity index is 454. The Hall–Kier alpha value is -1.51. The Balaban J connectivity index is 2.24. The minimum Gasteiger partial charge on any atom is -0.381 e. The summed E-state index contributed by atoms with van der Waals surface area (Å²) < 4.78 is 13.3. The van der Waals surface area contributed by atoms with Gasteiger partial charge in [-0.1, -0.05) is 6.07 Å². The Labute approximate surface area is 88.5 Å². The monoisotopic (exact) mass is 206 g/mol. The predicted molar refractivity (Wildman–Crippen MR) is 62.0 cm³/mol. The van der Waals surface area contributed by atoms with E-state index >= 15 is 0 Å². The molecule has 2 aromatic rings. The summed E-state index contributed by atoms with van der Waals surface area (Å²) in [6.07, 6.45) is 1.89. The molecule has 0 bridgehead atoms. The van der Waals surface area contributed by atoms with Crippen molar-refractivity contribution in [2.75, 3.05) is 11.9 Å². The van der Waals surface area contributed by atoms with Crippen molar-refractivity contribution in [1.82, 2.24) is 4.98 Å². The first kappa shape index (κ1) is 10.0. The van der Waals surface area contributed by atoms with E-state index in [0.29, 0.717) is 6.54 Å². The van der Waals surface area contributed by atoms with Gasteiger partial charge in [0.05, 0.1) is 0 Å². The Morgan fingerprint density at radius 1 is 1.33 bits per heavy atom. The maximum absolute atomic E-state index is 13.3. The topological polar surface area (TPSA) is 27.8 Å². The van der Waals surface area contributed by atoms with Gasteiger partial charge < -0.3 is 10.3 Å². The lowest BCUT2D eigenvalue weighted by atomic mass is 10.1. The summed E-state index contributed by atoms with van der Waals surface area (Å²) in [4.78, 5) is 3.12. The zero-order valence-electron chi connectivity index (χ0n) is 8.97. The zero-order valence-corrected chi connectivity index (χ0v) is 8.97. The van der Waals surface area contributed by atoms with Crippen LogP contribution in [0.1, 0.15) is 13.8 Å². The smallest absolute Gasteiger partial charge is 0.122 e. The third-order valence-corrected chi connectivity index (χ3v) is 2.29. The molecule has 0 saturated heterocycles. The highest BCUT2D eigenvalue weighted by atomic mass is 19.1. The molecule has 0 aliphatic rings. The highest BCUT2D eigenvalue weighted by Gasteiger charge is 2.15. The van der Waals surface area contributed by atoms with E-state index in [1.165, 1.54) is 0 Å². The quantitative estimate of drug-likeness (QED) is 0.792. The molecule has 0 spiro atoms. The summed E-state index contributed by atoms with van der Waals surface area (Å²) in [5.41, 5.74) is 0.842. The van der Waals surface area contributed by atoms with E-state index in [2.05, 4.69) is 10.3 Å². The summed E-state index contributed by atoms with van der Waals surface area (Å²) >= 11 is 0. The molecule has 0 atom stereocenters. The number of alkyl halides is 1. The second-order valence-electron chi connectivity index (χ2n) is 4.32. The van der Waals surface area contributed by atoms with Gasteiger partial charge in [-0.2, -0.15) is 0 Å². The van der Waals surface area contributed by atoms with E-state index in [0.717, 1.165) is 16.6 Å². The molecule has 1 heterocycles. The molecular formula is C12H15FN2. The number of halogens is 1. The first-order valence-electron chi connectivity index (χ1n) is 5.05. The lowest BCUT2D eigenvalue weighted by molar-refractivity contribution is 0.235. The summed E-state index contributed by atoms with van der Waals surface area (Å²) in [5.74, 6) is 0. The number of aromatic nitrogens is 1. The average molecular weight is 206 g/mol. The molecule has 0 aliphatic carbocycles. The van der Waals surface area contributed by atoms with Crippen LogP contribution in [-0.4, -0.2) is 17.2 Å². The molecule has 0 aliphatic heterocycles. The summed E-state index contributed by atoms with van der Waals surface area (Å²) in [6, 6.07) is 7.90. The zero-order chi connectivity index (χ0) is 10.9. The van der Waals surface area contributed by atoms with Crippen molar-refractivity contribution in [1.29, 1.82) is 0 Å². The van der Waals surface area contributed by atoms with E-state index in [9.17, 15) is 4.39 Å². The fourth-order valence-electron chi connectivity index (χ4n) is 1.54. The molecular weight excluding hydrogens is 191 g/mol. The van der Waals surface area contributed by atoms with Gasteiger partial charge in [0.1, 0.15) is 5.67 Å². The van der Waals surface area contributed by atoms with Crippen LogP contribution in [0.3, 0.4) is 0 Å². The van der Waals surface area contributed by atoms with Crippen molar-refractivity contribution >= 4 is 16.6 Å².